The average molecular weight is 234 g/mol. The van der Waals surface area contributed by atoms with Crippen molar-refractivity contribution in [3.05, 3.63) is 0 Å². The number of rotatable bonds is 1. The molecule has 0 radical (unpaired) electrons. The quantitative estimate of drug-likeness (QED) is 0.741. The lowest BCUT2D eigenvalue weighted by Crippen LogP contribution is -2.43. The van der Waals surface area contributed by atoms with Crippen LogP contribution in [0.5, 0.6) is 0 Å². The van der Waals surface area contributed by atoms with E-state index in [2.05, 4.69) is 12.2 Å². The van der Waals surface area contributed by atoms with Gasteiger partial charge in [-0.2, -0.15) is 0 Å². The molecule has 0 spiro atoms. The summed E-state index contributed by atoms with van der Waals surface area (Å²) in [6.07, 6.45) is 4.83. The standard InChI is InChI=1S/C12H23NO.ClH/c1-9-5-7-10(8-6-9)13-11(14)12(2,3)4;/h9-10H,5-8H2,1-4H3,(H,13,14);1H. The minimum absolute atomic E-state index is 0. The van der Waals surface area contributed by atoms with Crippen LogP contribution in [-0.4, -0.2) is 11.9 Å². The van der Waals surface area contributed by atoms with Crippen LogP contribution in [0.15, 0.2) is 0 Å². The van der Waals surface area contributed by atoms with Gasteiger partial charge in [0.2, 0.25) is 5.91 Å². The monoisotopic (exact) mass is 233 g/mol. The van der Waals surface area contributed by atoms with Crippen molar-refractivity contribution in [2.45, 2.75) is 59.4 Å². The minimum atomic E-state index is -0.247. The van der Waals surface area contributed by atoms with Crippen LogP contribution in [0, 0.1) is 11.3 Å². The number of amides is 1. The third-order valence-corrected chi connectivity index (χ3v) is 3.03. The molecular weight excluding hydrogens is 210 g/mol. The summed E-state index contributed by atoms with van der Waals surface area (Å²) in [5.41, 5.74) is -0.247. The van der Waals surface area contributed by atoms with E-state index < -0.39 is 0 Å². The molecular formula is C12H24ClNO. The second-order valence-electron chi connectivity index (χ2n) is 5.68. The van der Waals surface area contributed by atoms with Crippen molar-refractivity contribution in [2.75, 3.05) is 0 Å². The van der Waals surface area contributed by atoms with Gasteiger partial charge in [-0.15, -0.1) is 12.4 Å². The Morgan fingerprint density at radius 3 is 2.00 bits per heavy atom. The fourth-order valence-electron chi connectivity index (χ4n) is 1.81. The van der Waals surface area contributed by atoms with Crippen LogP contribution in [0.4, 0.5) is 0 Å². The van der Waals surface area contributed by atoms with Gasteiger partial charge in [0.1, 0.15) is 0 Å². The van der Waals surface area contributed by atoms with Gasteiger partial charge >= 0.3 is 0 Å². The predicted octanol–water partition coefficient (Wildman–Crippen LogP) is 3.15. The lowest BCUT2D eigenvalue weighted by molar-refractivity contribution is -0.129. The number of carbonyl (C=O) groups excluding carboxylic acids is 1. The van der Waals surface area contributed by atoms with Crippen molar-refractivity contribution in [3.8, 4) is 0 Å². The van der Waals surface area contributed by atoms with Gasteiger partial charge in [-0.3, -0.25) is 4.79 Å². The Bertz CT molecular complexity index is 202. The Morgan fingerprint density at radius 1 is 1.13 bits per heavy atom. The molecule has 0 heterocycles. The van der Waals surface area contributed by atoms with Gasteiger partial charge in [-0.05, 0) is 31.6 Å². The second-order valence-corrected chi connectivity index (χ2v) is 5.68. The minimum Gasteiger partial charge on any atom is -0.353 e. The first kappa shape index (κ1) is 14.8. The molecule has 1 aliphatic rings. The predicted molar refractivity (Wildman–Crippen MR) is 66.3 cm³/mol. The summed E-state index contributed by atoms with van der Waals surface area (Å²) < 4.78 is 0. The largest absolute Gasteiger partial charge is 0.353 e. The number of hydrogen-bond acceptors (Lipinski definition) is 1. The van der Waals surface area contributed by atoms with Crippen LogP contribution in [0.2, 0.25) is 0 Å². The summed E-state index contributed by atoms with van der Waals surface area (Å²) in [6, 6.07) is 0.429. The summed E-state index contributed by atoms with van der Waals surface area (Å²) in [6.45, 7) is 8.19. The molecule has 0 aromatic rings. The molecule has 15 heavy (non-hydrogen) atoms. The summed E-state index contributed by atoms with van der Waals surface area (Å²) in [7, 11) is 0. The Morgan fingerprint density at radius 2 is 1.60 bits per heavy atom. The highest BCUT2D eigenvalue weighted by Gasteiger charge is 2.25. The van der Waals surface area contributed by atoms with Gasteiger partial charge < -0.3 is 5.32 Å². The summed E-state index contributed by atoms with van der Waals surface area (Å²) >= 11 is 0. The molecule has 0 aromatic carbocycles. The van der Waals surface area contributed by atoms with Crippen molar-refractivity contribution >= 4 is 18.3 Å². The first-order valence-electron chi connectivity index (χ1n) is 5.70. The van der Waals surface area contributed by atoms with Crippen molar-refractivity contribution in [1.82, 2.24) is 5.32 Å². The highest BCUT2D eigenvalue weighted by atomic mass is 35.5. The molecule has 0 saturated heterocycles. The fraction of sp³-hybridized carbons (Fsp3) is 0.917. The zero-order valence-electron chi connectivity index (χ0n) is 10.3. The number of carbonyl (C=O) groups is 1. The molecule has 1 rings (SSSR count). The normalized spacial score (nSPS) is 26.7. The van der Waals surface area contributed by atoms with E-state index in [1.165, 1.54) is 12.8 Å². The second kappa shape index (κ2) is 5.74. The lowest BCUT2D eigenvalue weighted by atomic mass is 9.86. The van der Waals surface area contributed by atoms with Crippen LogP contribution in [0.25, 0.3) is 0 Å². The molecule has 0 atom stereocenters. The molecule has 1 amide bonds. The Balaban J connectivity index is 0.00000196. The maximum atomic E-state index is 11.7. The third kappa shape index (κ3) is 4.87. The van der Waals surface area contributed by atoms with Crippen LogP contribution in [-0.2, 0) is 4.79 Å². The molecule has 0 aliphatic heterocycles. The van der Waals surface area contributed by atoms with Gasteiger partial charge in [0.25, 0.3) is 0 Å². The molecule has 2 nitrogen and oxygen atoms in total. The van der Waals surface area contributed by atoms with Crippen LogP contribution in [0.3, 0.4) is 0 Å². The molecule has 0 unspecified atom stereocenters. The highest BCUT2D eigenvalue weighted by Crippen LogP contribution is 2.24. The van der Waals surface area contributed by atoms with E-state index in [0.29, 0.717) is 6.04 Å². The maximum Gasteiger partial charge on any atom is 0.225 e. The van der Waals surface area contributed by atoms with E-state index in [1.807, 2.05) is 20.8 Å². The molecule has 1 aliphatic carbocycles. The van der Waals surface area contributed by atoms with Crippen LogP contribution >= 0.6 is 12.4 Å². The van der Waals surface area contributed by atoms with Gasteiger partial charge in [-0.25, -0.2) is 0 Å². The zero-order chi connectivity index (χ0) is 10.8. The number of halogens is 1. The SMILES string of the molecule is CC1CCC(NC(=O)C(C)(C)C)CC1.Cl. The topological polar surface area (TPSA) is 29.1 Å². The summed E-state index contributed by atoms with van der Waals surface area (Å²) in [5, 5.41) is 3.14. The van der Waals surface area contributed by atoms with Crippen LogP contribution in [0.1, 0.15) is 53.4 Å². The van der Waals surface area contributed by atoms with E-state index in [4.69, 9.17) is 0 Å². The van der Waals surface area contributed by atoms with E-state index in [9.17, 15) is 4.79 Å². The first-order valence-corrected chi connectivity index (χ1v) is 5.70. The molecule has 0 aromatic heterocycles. The Labute approximate surface area is 99.6 Å². The Kier molecular flexibility index (Phi) is 5.65. The molecule has 1 N–H and O–H groups in total. The van der Waals surface area contributed by atoms with Crippen LogP contribution < -0.4 is 5.32 Å². The van der Waals surface area contributed by atoms with Gasteiger partial charge in [0.15, 0.2) is 0 Å². The smallest absolute Gasteiger partial charge is 0.225 e. The van der Waals surface area contributed by atoms with Crippen molar-refractivity contribution in [1.29, 1.82) is 0 Å². The van der Waals surface area contributed by atoms with Gasteiger partial charge in [0, 0.05) is 11.5 Å². The average Bonchev–Trinajstić information content (AvgIpc) is 2.07. The van der Waals surface area contributed by atoms with Crippen molar-refractivity contribution < 1.29 is 4.79 Å². The zero-order valence-corrected chi connectivity index (χ0v) is 11.1. The van der Waals surface area contributed by atoms with Gasteiger partial charge in [0.05, 0.1) is 0 Å². The van der Waals surface area contributed by atoms with E-state index in [-0.39, 0.29) is 23.7 Å². The molecule has 1 saturated carbocycles. The van der Waals surface area contributed by atoms with E-state index >= 15 is 0 Å². The summed E-state index contributed by atoms with van der Waals surface area (Å²) in [4.78, 5) is 11.7. The maximum absolute atomic E-state index is 11.7. The lowest BCUT2D eigenvalue weighted by Gasteiger charge is -2.29. The Hall–Kier alpha value is -0.240. The van der Waals surface area contributed by atoms with Gasteiger partial charge in [-0.1, -0.05) is 27.7 Å². The van der Waals surface area contributed by atoms with E-state index in [0.717, 1.165) is 18.8 Å². The molecule has 90 valence electrons. The summed E-state index contributed by atoms with van der Waals surface area (Å²) in [5.74, 6) is 1.04. The molecule has 1 fully saturated rings. The third-order valence-electron chi connectivity index (χ3n) is 3.03. The number of nitrogens with one attached hydrogen (secondary N) is 1. The van der Waals surface area contributed by atoms with Crippen molar-refractivity contribution in [3.63, 3.8) is 0 Å². The first-order chi connectivity index (χ1) is 6.39. The molecule has 3 heteroatoms. The van der Waals surface area contributed by atoms with E-state index in [1.54, 1.807) is 0 Å². The fourth-order valence-corrected chi connectivity index (χ4v) is 1.81. The van der Waals surface area contributed by atoms with Crippen molar-refractivity contribution in [2.24, 2.45) is 11.3 Å². The number of hydrogen-bond donors (Lipinski definition) is 1. The highest BCUT2D eigenvalue weighted by molar-refractivity contribution is 5.85. The molecule has 0 bridgehead atoms.